The Hall–Kier alpha value is -3.11. The number of nitrogens with zero attached hydrogens (tertiary/aromatic N) is 3. The lowest BCUT2D eigenvalue weighted by molar-refractivity contribution is -0.275. The number of alkyl halides is 3. The Morgan fingerprint density at radius 3 is 2.41 bits per heavy atom. The Labute approximate surface area is 182 Å². The Morgan fingerprint density at radius 1 is 1.12 bits per heavy atom. The number of carbonyl (C=O) groups is 1. The average molecular weight is 456 g/mol. The van der Waals surface area contributed by atoms with Gasteiger partial charge in [-0.3, -0.25) is 0 Å². The van der Waals surface area contributed by atoms with Crippen molar-refractivity contribution in [2.75, 3.05) is 18.0 Å². The van der Waals surface area contributed by atoms with Gasteiger partial charge in [-0.25, -0.2) is 19.2 Å². The summed E-state index contributed by atoms with van der Waals surface area (Å²) in [5.41, 5.74) is 0.0854. The Bertz CT molecular complexity index is 955. The lowest BCUT2D eigenvalue weighted by Gasteiger charge is -2.33. The number of nitrogens with one attached hydrogen (secondary N) is 1. The van der Waals surface area contributed by atoms with Crippen LogP contribution in [0.3, 0.4) is 0 Å². The highest BCUT2D eigenvalue weighted by molar-refractivity contribution is 5.68. The van der Waals surface area contributed by atoms with Gasteiger partial charge in [0, 0.05) is 30.8 Å². The van der Waals surface area contributed by atoms with E-state index in [1.54, 1.807) is 26.8 Å². The third-order valence-corrected chi connectivity index (χ3v) is 4.65. The van der Waals surface area contributed by atoms with Gasteiger partial charge in [0.25, 0.3) is 0 Å². The fourth-order valence-corrected chi connectivity index (χ4v) is 3.27. The maximum absolute atomic E-state index is 14.0. The van der Waals surface area contributed by atoms with Gasteiger partial charge in [0.05, 0.1) is 5.69 Å². The third kappa shape index (κ3) is 6.69. The summed E-state index contributed by atoms with van der Waals surface area (Å²) in [4.78, 5) is 22.3. The summed E-state index contributed by atoms with van der Waals surface area (Å²) in [5, 5.41) is 2.86. The Kier molecular flexibility index (Phi) is 6.75. The maximum atomic E-state index is 14.0. The second-order valence-electron chi connectivity index (χ2n) is 8.36. The zero-order valence-electron chi connectivity index (χ0n) is 17.9. The van der Waals surface area contributed by atoms with Gasteiger partial charge in [0.2, 0.25) is 0 Å². The van der Waals surface area contributed by atoms with Crippen LogP contribution in [0.2, 0.25) is 0 Å². The number of anilines is 1. The molecule has 3 rings (SSSR count). The molecule has 11 heteroatoms. The van der Waals surface area contributed by atoms with Crippen molar-refractivity contribution in [3.05, 3.63) is 36.4 Å². The van der Waals surface area contributed by atoms with Crippen molar-refractivity contribution in [3.63, 3.8) is 0 Å². The summed E-state index contributed by atoms with van der Waals surface area (Å²) in [7, 11) is 0. The minimum absolute atomic E-state index is 0.0299. The molecule has 0 unspecified atom stereocenters. The highest BCUT2D eigenvalue weighted by atomic mass is 19.4. The minimum Gasteiger partial charge on any atom is -0.444 e. The molecular weight excluding hydrogens is 432 g/mol. The van der Waals surface area contributed by atoms with E-state index in [2.05, 4.69) is 20.0 Å². The first-order valence-electron chi connectivity index (χ1n) is 10.0. The molecule has 0 aliphatic carbocycles. The second kappa shape index (κ2) is 9.17. The van der Waals surface area contributed by atoms with E-state index >= 15 is 0 Å². The van der Waals surface area contributed by atoms with Gasteiger partial charge in [-0.15, -0.1) is 13.2 Å². The second-order valence-corrected chi connectivity index (χ2v) is 8.36. The van der Waals surface area contributed by atoms with E-state index in [1.165, 1.54) is 12.4 Å². The first-order valence-corrected chi connectivity index (χ1v) is 10.0. The predicted molar refractivity (Wildman–Crippen MR) is 109 cm³/mol. The van der Waals surface area contributed by atoms with Crippen LogP contribution in [0.5, 0.6) is 5.75 Å². The number of carbonyl (C=O) groups excluding carboxylic acids is 1. The number of alkyl carbamates (subject to hydrolysis) is 1. The van der Waals surface area contributed by atoms with Crippen molar-refractivity contribution in [3.8, 4) is 17.0 Å². The zero-order chi connectivity index (χ0) is 23.5. The highest BCUT2D eigenvalue weighted by Gasteiger charge is 2.32. The fraction of sp³-hybridized carbons (Fsp3) is 0.476. The van der Waals surface area contributed by atoms with Crippen LogP contribution >= 0.6 is 0 Å². The normalized spacial score (nSPS) is 15.4. The van der Waals surface area contributed by atoms with Crippen LogP contribution in [0.25, 0.3) is 11.3 Å². The van der Waals surface area contributed by atoms with Crippen LogP contribution in [0.15, 0.2) is 30.6 Å². The summed E-state index contributed by atoms with van der Waals surface area (Å²) in [6, 6.07) is 4.75. The Morgan fingerprint density at radius 2 is 1.81 bits per heavy atom. The third-order valence-electron chi connectivity index (χ3n) is 4.65. The lowest BCUT2D eigenvalue weighted by Crippen LogP contribution is -2.46. The van der Waals surface area contributed by atoms with Crippen LogP contribution < -0.4 is 15.0 Å². The lowest BCUT2D eigenvalue weighted by atomic mass is 10.0. The quantitative estimate of drug-likeness (QED) is 0.674. The van der Waals surface area contributed by atoms with Gasteiger partial charge >= 0.3 is 12.5 Å². The van der Waals surface area contributed by atoms with Gasteiger partial charge in [-0.2, -0.15) is 0 Å². The van der Waals surface area contributed by atoms with Gasteiger partial charge in [-0.05, 0) is 51.8 Å². The maximum Gasteiger partial charge on any atom is 0.573 e. The largest absolute Gasteiger partial charge is 0.573 e. The number of piperidine rings is 1. The summed E-state index contributed by atoms with van der Waals surface area (Å²) in [6.45, 7) is 6.62. The summed E-state index contributed by atoms with van der Waals surface area (Å²) >= 11 is 0. The van der Waals surface area contributed by atoms with E-state index < -0.39 is 29.6 Å². The topological polar surface area (TPSA) is 76.6 Å². The van der Waals surface area contributed by atoms with E-state index in [-0.39, 0.29) is 6.04 Å². The monoisotopic (exact) mass is 456 g/mol. The fourth-order valence-electron chi connectivity index (χ4n) is 3.27. The first-order chi connectivity index (χ1) is 14.9. The number of ether oxygens (including phenoxy) is 2. The molecule has 0 saturated carbocycles. The van der Waals surface area contributed by atoms with Crippen molar-refractivity contribution in [1.29, 1.82) is 0 Å². The molecule has 7 nitrogen and oxygen atoms in total. The number of halogens is 4. The number of amides is 1. The zero-order valence-corrected chi connectivity index (χ0v) is 17.9. The molecule has 2 aromatic rings. The van der Waals surface area contributed by atoms with Crippen molar-refractivity contribution < 1.29 is 31.8 Å². The highest BCUT2D eigenvalue weighted by Crippen LogP contribution is 2.30. The van der Waals surface area contributed by atoms with Crippen molar-refractivity contribution in [2.24, 2.45) is 0 Å². The molecule has 174 valence electrons. The van der Waals surface area contributed by atoms with E-state index in [0.29, 0.717) is 43.0 Å². The van der Waals surface area contributed by atoms with E-state index in [9.17, 15) is 22.4 Å². The van der Waals surface area contributed by atoms with Gasteiger partial charge in [0.15, 0.2) is 11.6 Å². The van der Waals surface area contributed by atoms with E-state index in [0.717, 1.165) is 12.1 Å². The van der Waals surface area contributed by atoms with Gasteiger partial charge in [-0.1, -0.05) is 0 Å². The molecule has 1 aromatic heterocycles. The van der Waals surface area contributed by atoms with Crippen molar-refractivity contribution >= 4 is 11.9 Å². The molecule has 32 heavy (non-hydrogen) atoms. The summed E-state index contributed by atoms with van der Waals surface area (Å²) in [6.07, 6.45) is -2.77. The molecule has 0 radical (unpaired) electrons. The molecule has 0 bridgehead atoms. The molecule has 1 N–H and O–H groups in total. The molecule has 1 fully saturated rings. The predicted octanol–water partition coefficient (Wildman–Crippen LogP) is 4.67. The smallest absolute Gasteiger partial charge is 0.444 e. The SMILES string of the molecule is CC(C)(C)OC(=O)NC1CCN(c2cc(-c3ccc(OC(F)(F)F)c(F)c3)ncn2)CC1. The summed E-state index contributed by atoms with van der Waals surface area (Å²) in [5.74, 6) is -1.45. The van der Waals surface area contributed by atoms with Crippen molar-refractivity contribution in [2.45, 2.75) is 51.6 Å². The molecule has 1 aliphatic heterocycles. The van der Waals surface area contributed by atoms with Crippen LogP contribution in [0, 0.1) is 5.82 Å². The molecule has 1 saturated heterocycles. The summed E-state index contributed by atoms with van der Waals surface area (Å²) < 4.78 is 60.0. The Balaban J connectivity index is 1.64. The van der Waals surface area contributed by atoms with Gasteiger partial charge in [0.1, 0.15) is 17.7 Å². The van der Waals surface area contributed by atoms with Crippen molar-refractivity contribution in [1.82, 2.24) is 15.3 Å². The van der Waals surface area contributed by atoms with Crippen LogP contribution in [-0.2, 0) is 4.74 Å². The van der Waals surface area contributed by atoms with E-state index in [1.807, 2.05) is 4.90 Å². The standard InChI is InChI=1S/C21H24F4N4O3/c1-20(2,3)32-19(30)28-14-6-8-29(9-7-14)18-11-16(26-12-27-18)13-4-5-17(15(22)10-13)31-21(23,24)25/h4-5,10-12,14H,6-9H2,1-3H3,(H,28,30). The molecule has 1 amide bonds. The molecule has 1 aromatic carbocycles. The number of hydrogen-bond acceptors (Lipinski definition) is 6. The van der Waals surface area contributed by atoms with Crippen LogP contribution in [-0.4, -0.2) is 47.2 Å². The number of aromatic nitrogens is 2. The molecular formula is C21H24F4N4O3. The molecule has 0 spiro atoms. The average Bonchev–Trinajstić information content (AvgIpc) is 2.68. The first kappa shape index (κ1) is 23.6. The minimum atomic E-state index is -4.98. The number of benzene rings is 1. The van der Waals surface area contributed by atoms with Crippen LogP contribution in [0.4, 0.5) is 28.2 Å². The number of rotatable bonds is 4. The van der Waals surface area contributed by atoms with Gasteiger partial charge < -0.3 is 19.7 Å². The number of hydrogen-bond donors (Lipinski definition) is 1. The molecule has 1 aliphatic rings. The molecule has 2 heterocycles. The molecule has 0 atom stereocenters. The van der Waals surface area contributed by atoms with E-state index in [4.69, 9.17) is 4.74 Å². The van der Waals surface area contributed by atoms with Crippen LogP contribution in [0.1, 0.15) is 33.6 Å².